The molecule has 0 radical (unpaired) electrons. The molecule has 1 aromatic rings. The smallest absolute Gasteiger partial charge is 0.359 e. The molecule has 0 bridgehead atoms. The second-order valence-electron chi connectivity index (χ2n) is 9.37. The van der Waals surface area contributed by atoms with Crippen molar-refractivity contribution in [3.05, 3.63) is 30.3 Å². The number of esters is 2. The predicted octanol–water partition coefficient (Wildman–Crippen LogP) is 8.42. The summed E-state index contributed by atoms with van der Waals surface area (Å²) in [5.74, 6) is -0.352. The number of carbonyl (C=O) groups excluding carboxylic acids is 2. The van der Waals surface area contributed by atoms with E-state index in [2.05, 4.69) is 13.8 Å². The second kappa shape index (κ2) is 15.9. The van der Waals surface area contributed by atoms with Crippen molar-refractivity contribution in [2.24, 2.45) is 5.41 Å². The Morgan fingerprint density at radius 2 is 1.12 bits per heavy atom. The predicted molar refractivity (Wildman–Crippen MR) is 136 cm³/mol. The fourth-order valence-corrected chi connectivity index (χ4v) is 4.99. The Morgan fingerprint density at radius 3 is 1.58 bits per heavy atom. The van der Waals surface area contributed by atoms with Crippen molar-refractivity contribution < 1.29 is 19.1 Å². The molecule has 1 aliphatic heterocycles. The minimum atomic E-state index is -1.22. The molecule has 0 saturated carbocycles. The Labute approximate surface area is 202 Å². The van der Waals surface area contributed by atoms with Gasteiger partial charge in [-0.1, -0.05) is 123 Å². The molecule has 0 N–H and O–H groups in total. The number of unbranched alkanes of at least 4 members (excludes halogenated alkanes) is 7. The van der Waals surface area contributed by atoms with Crippen molar-refractivity contribution >= 4 is 11.9 Å². The van der Waals surface area contributed by atoms with Crippen LogP contribution in [-0.2, 0) is 14.3 Å². The molecule has 1 fully saturated rings. The van der Waals surface area contributed by atoms with Crippen molar-refractivity contribution in [1.82, 2.24) is 0 Å². The second-order valence-corrected chi connectivity index (χ2v) is 9.37. The number of carbonyl (C=O) groups is 2. The highest BCUT2D eigenvalue weighted by molar-refractivity contribution is 6.04. The minimum Gasteiger partial charge on any atom is -0.474 e. The molecule has 2 rings (SSSR count). The number of ether oxygens (including phenoxy) is 2. The Hall–Kier alpha value is -1.84. The molecule has 0 amide bonds. The number of para-hydroxylation sites is 1. The van der Waals surface area contributed by atoms with Crippen LogP contribution in [0.5, 0.6) is 5.75 Å². The van der Waals surface area contributed by atoms with Crippen LogP contribution in [0.3, 0.4) is 0 Å². The van der Waals surface area contributed by atoms with Gasteiger partial charge in [0.1, 0.15) is 11.2 Å². The van der Waals surface area contributed by atoms with E-state index in [1.807, 2.05) is 51.1 Å². The van der Waals surface area contributed by atoms with Gasteiger partial charge in [-0.25, -0.2) is 4.79 Å². The molecule has 188 valence electrons. The Morgan fingerprint density at radius 1 is 0.636 bits per heavy atom. The van der Waals surface area contributed by atoms with E-state index in [0.717, 1.165) is 19.3 Å². The van der Waals surface area contributed by atoms with Crippen LogP contribution in [0.25, 0.3) is 0 Å². The summed E-state index contributed by atoms with van der Waals surface area (Å²) < 4.78 is 11.3. The maximum Gasteiger partial charge on any atom is 0.359 e. The molecule has 0 spiro atoms. The standard InChI is InChI=1S/C19H26O4.C10H22/c1-4-12-18(13-5-2)16(20)22-17(21)19(18,14-6-3)23-15-10-8-7-9-11-15;1-3-5-7-9-10-8-6-4-2/h7-11H,4-6,12-14H2,1-3H3;3-10H2,1-2H3. The van der Waals surface area contributed by atoms with Crippen LogP contribution >= 0.6 is 0 Å². The number of benzene rings is 1. The van der Waals surface area contributed by atoms with Gasteiger partial charge in [0.15, 0.2) is 0 Å². The van der Waals surface area contributed by atoms with Crippen molar-refractivity contribution in [3.8, 4) is 5.75 Å². The molecule has 33 heavy (non-hydrogen) atoms. The molecule has 1 atom stereocenters. The Balaban J connectivity index is 0.000000461. The van der Waals surface area contributed by atoms with E-state index in [1.54, 1.807) is 0 Å². The van der Waals surface area contributed by atoms with Crippen molar-refractivity contribution in [2.75, 3.05) is 0 Å². The van der Waals surface area contributed by atoms with Gasteiger partial charge in [-0.2, -0.15) is 0 Å². The molecule has 1 heterocycles. The summed E-state index contributed by atoms with van der Waals surface area (Å²) >= 11 is 0. The number of cyclic esters (lactones) is 2. The molecular formula is C29H48O4. The molecule has 1 aromatic carbocycles. The summed E-state index contributed by atoms with van der Waals surface area (Å²) in [6.45, 7) is 10.6. The monoisotopic (exact) mass is 460 g/mol. The molecule has 1 aliphatic rings. The van der Waals surface area contributed by atoms with Gasteiger partial charge >= 0.3 is 11.9 Å². The Bertz CT molecular complexity index is 655. The summed E-state index contributed by atoms with van der Waals surface area (Å²) in [4.78, 5) is 25.3. The van der Waals surface area contributed by atoms with E-state index in [1.165, 1.54) is 51.4 Å². The van der Waals surface area contributed by atoms with Crippen LogP contribution in [-0.4, -0.2) is 17.5 Å². The maximum absolute atomic E-state index is 12.7. The normalized spacial score (nSPS) is 19.1. The largest absolute Gasteiger partial charge is 0.474 e. The quantitative estimate of drug-likeness (QED) is 0.150. The average Bonchev–Trinajstić information content (AvgIpc) is 2.99. The van der Waals surface area contributed by atoms with Crippen molar-refractivity contribution in [3.63, 3.8) is 0 Å². The topological polar surface area (TPSA) is 52.6 Å². The number of hydrogen-bond donors (Lipinski definition) is 0. The zero-order chi connectivity index (χ0) is 24.6. The molecule has 4 nitrogen and oxygen atoms in total. The Kier molecular flexibility index (Phi) is 14.1. The fraction of sp³-hybridized carbons (Fsp3) is 0.724. The third-order valence-corrected chi connectivity index (χ3v) is 6.63. The van der Waals surface area contributed by atoms with Gasteiger partial charge in [0.25, 0.3) is 0 Å². The third-order valence-electron chi connectivity index (χ3n) is 6.63. The van der Waals surface area contributed by atoms with Crippen LogP contribution in [0.1, 0.15) is 125 Å². The lowest BCUT2D eigenvalue weighted by Crippen LogP contribution is -2.55. The zero-order valence-corrected chi connectivity index (χ0v) is 21.9. The summed E-state index contributed by atoms with van der Waals surface area (Å²) in [5.41, 5.74) is -2.11. The highest BCUT2D eigenvalue weighted by Crippen LogP contribution is 2.52. The van der Waals surface area contributed by atoms with E-state index in [-0.39, 0.29) is 0 Å². The lowest BCUT2D eigenvalue weighted by molar-refractivity contribution is -0.157. The first-order chi connectivity index (χ1) is 16.0. The van der Waals surface area contributed by atoms with Gasteiger partial charge in [-0.3, -0.25) is 4.79 Å². The third kappa shape index (κ3) is 7.86. The van der Waals surface area contributed by atoms with Crippen LogP contribution in [0, 0.1) is 5.41 Å². The van der Waals surface area contributed by atoms with E-state index >= 15 is 0 Å². The SMILES string of the molecule is CCCC1(CCC)C(=O)OC(=O)C1(CCC)Oc1ccccc1.CCCCCCCCCC. The van der Waals surface area contributed by atoms with E-state index < -0.39 is 23.0 Å². The van der Waals surface area contributed by atoms with Gasteiger partial charge in [0, 0.05) is 0 Å². The summed E-state index contributed by atoms with van der Waals surface area (Å²) in [6.07, 6.45) is 15.5. The summed E-state index contributed by atoms with van der Waals surface area (Å²) in [6, 6.07) is 9.24. The van der Waals surface area contributed by atoms with Crippen LogP contribution < -0.4 is 4.74 Å². The zero-order valence-electron chi connectivity index (χ0n) is 21.9. The summed E-state index contributed by atoms with van der Waals surface area (Å²) in [5, 5.41) is 0. The molecule has 0 aromatic heterocycles. The summed E-state index contributed by atoms with van der Waals surface area (Å²) in [7, 11) is 0. The first kappa shape index (κ1) is 29.2. The van der Waals surface area contributed by atoms with Gasteiger partial charge < -0.3 is 9.47 Å². The highest BCUT2D eigenvalue weighted by atomic mass is 16.6. The lowest BCUT2D eigenvalue weighted by Gasteiger charge is -2.40. The van der Waals surface area contributed by atoms with Gasteiger partial charge in [-0.05, 0) is 31.4 Å². The molecule has 1 unspecified atom stereocenters. The van der Waals surface area contributed by atoms with E-state index in [9.17, 15) is 9.59 Å². The first-order valence-corrected chi connectivity index (χ1v) is 13.5. The number of rotatable bonds is 15. The molecule has 0 aliphatic carbocycles. The van der Waals surface area contributed by atoms with Crippen LogP contribution in [0.2, 0.25) is 0 Å². The van der Waals surface area contributed by atoms with Gasteiger partial charge in [0.2, 0.25) is 5.60 Å². The van der Waals surface area contributed by atoms with Crippen molar-refractivity contribution in [1.29, 1.82) is 0 Å². The minimum absolute atomic E-state index is 0.421. The van der Waals surface area contributed by atoms with Crippen LogP contribution in [0.15, 0.2) is 30.3 Å². The van der Waals surface area contributed by atoms with Crippen molar-refractivity contribution in [2.45, 2.75) is 130 Å². The maximum atomic E-state index is 12.7. The van der Waals surface area contributed by atoms with E-state index in [4.69, 9.17) is 9.47 Å². The fourth-order valence-electron chi connectivity index (χ4n) is 4.99. The average molecular weight is 461 g/mol. The lowest BCUT2D eigenvalue weighted by atomic mass is 9.65. The molecule has 1 saturated heterocycles. The number of hydrogen-bond acceptors (Lipinski definition) is 4. The highest BCUT2D eigenvalue weighted by Gasteiger charge is 2.69. The van der Waals surface area contributed by atoms with Gasteiger partial charge in [0.05, 0.1) is 0 Å². The first-order valence-electron chi connectivity index (χ1n) is 13.5. The van der Waals surface area contributed by atoms with Crippen LogP contribution in [0.4, 0.5) is 0 Å². The van der Waals surface area contributed by atoms with Gasteiger partial charge in [-0.15, -0.1) is 0 Å². The molecular weight excluding hydrogens is 412 g/mol. The van der Waals surface area contributed by atoms with E-state index in [0.29, 0.717) is 25.0 Å². The molecule has 4 heteroatoms.